The summed E-state index contributed by atoms with van der Waals surface area (Å²) in [7, 11) is 0. The fourth-order valence-electron chi connectivity index (χ4n) is 1.16. The lowest BCUT2D eigenvalue weighted by Gasteiger charge is -2.06. The van der Waals surface area contributed by atoms with Crippen LogP contribution in [0.2, 0.25) is 0 Å². The molecule has 1 aromatic rings. The Bertz CT molecular complexity index is 413. The number of esters is 1. The zero-order valence-corrected chi connectivity index (χ0v) is 9.32. The molecule has 0 fully saturated rings. The van der Waals surface area contributed by atoms with E-state index in [-0.39, 0.29) is 5.97 Å². The summed E-state index contributed by atoms with van der Waals surface area (Å²) >= 11 is 0. The first-order valence-corrected chi connectivity index (χ1v) is 4.97. The molecule has 0 radical (unpaired) electrons. The topological polar surface area (TPSA) is 78.3 Å². The van der Waals surface area contributed by atoms with Crippen molar-refractivity contribution < 1.29 is 9.53 Å². The number of benzene rings is 1. The van der Waals surface area contributed by atoms with E-state index < -0.39 is 0 Å². The summed E-state index contributed by atoms with van der Waals surface area (Å²) in [6, 6.07) is 5.38. The summed E-state index contributed by atoms with van der Waals surface area (Å²) in [5, 5.41) is 0. The molecule has 0 aromatic heterocycles. The second-order valence-corrected chi connectivity index (χ2v) is 3.63. The van der Waals surface area contributed by atoms with Gasteiger partial charge < -0.3 is 16.2 Å². The SMILES string of the molecule is C=C(C)C(=O)OCCc1ccc(N)c(N)c1. The first-order chi connectivity index (χ1) is 7.50. The van der Waals surface area contributed by atoms with Crippen LogP contribution in [0.15, 0.2) is 30.4 Å². The first kappa shape index (κ1) is 12.1. The minimum Gasteiger partial charge on any atom is -0.462 e. The van der Waals surface area contributed by atoms with Gasteiger partial charge in [0.05, 0.1) is 18.0 Å². The number of rotatable bonds is 4. The van der Waals surface area contributed by atoms with Crippen molar-refractivity contribution in [3.8, 4) is 0 Å². The van der Waals surface area contributed by atoms with Gasteiger partial charge in [0.25, 0.3) is 0 Å². The van der Waals surface area contributed by atoms with E-state index in [1.807, 2.05) is 6.07 Å². The molecule has 0 saturated heterocycles. The molecule has 0 heterocycles. The monoisotopic (exact) mass is 220 g/mol. The highest BCUT2D eigenvalue weighted by atomic mass is 16.5. The van der Waals surface area contributed by atoms with E-state index in [1.54, 1.807) is 19.1 Å². The van der Waals surface area contributed by atoms with E-state index in [1.165, 1.54) is 0 Å². The summed E-state index contributed by atoms with van der Waals surface area (Å²) in [5.41, 5.74) is 13.7. The Labute approximate surface area is 94.9 Å². The zero-order valence-electron chi connectivity index (χ0n) is 9.32. The molecule has 1 rings (SSSR count). The van der Waals surface area contributed by atoms with Gasteiger partial charge in [-0.05, 0) is 24.6 Å². The summed E-state index contributed by atoms with van der Waals surface area (Å²) in [6.07, 6.45) is 0.615. The minimum atomic E-state index is -0.372. The maximum atomic E-state index is 11.1. The van der Waals surface area contributed by atoms with Gasteiger partial charge in [0, 0.05) is 12.0 Å². The van der Waals surface area contributed by atoms with E-state index >= 15 is 0 Å². The van der Waals surface area contributed by atoms with Crippen molar-refractivity contribution in [2.24, 2.45) is 0 Å². The average Bonchev–Trinajstić information content (AvgIpc) is 2.23. The number of nitrogen functional groups attached to an aromatic ring is 2. The van der Waals surface area contributed by atoms with E-state index in [2.05, 4.69) is 6.58 Å². The third-order valence-electron chi connectivity index (χ3n) is 2.12. The molecule has 0 aliphatic heterocycles. The molecule has 86 valence electrons. The highest BCUT2D eigenvalue weighted by molar-refractivity contribution is 5.86. The van der Waals surface area contributed by atoms with Crippen molar-refractivity contribution >= 4 is 17.3 Å². The zero-order chi connectivity index (χ0) is 12.1. The van der Waals surface area contributed by atoms with Crippen molar-refractivity contribution in [1.29, 1.82) is 0 Å². The van der Waals surface area contributed by atoms with Crippen molar-refractivity contribution in [3.63, 3.8) is 0 Å². The van der Waals surface area contributed by atoms with Gasteiger partial charge in [-0.25, -0.2) is 4.79 Å². The molecule has 0 amide bonds. The van der Waals surface area contributed by atoms with Gasteiger partial charge >= 0.3 is 5.97 Å². The molecule has 1 aromatic carbocycles. The molecule has 0 saturated carbocycles. The Morgan fingerprint density at radius 1 is 1.38 bits per heavy atom. The van der Waals surface area contributed by atoms with Gasteiger partial charge in [-0.2, -0.15) is 0 Å². The van der Waals surface area contributed by atoms with Gasteiger partial charge in [-0.15, -0.1) is 0 Å². The van der Waals surface area contributed by atoms with E-state index in [0.717, 1.165) is 5.56 Å². The van der Waals surface area contributed by atoms with Crippen LogP contribution in [-0.4, -0.2) is 12.6 Å². The molecular weight excluding hydrogens is 204 g/mol. The number of hydrogen-bond acceptors (Lipinski definition) is 4. The number of carbonyl (C=O) groups excluding carboxylic acids is 1. The standard InChI is InChI=1S/C12H16N2O2/c1-8(2)12(15)16-6-5-9-3-4-10(13)11(14)7-9/h3-4,7H,1,5-6,13-14H2,2H3. The van der Waals surface area contributed by atoms with Crippen LogP contribution in [0.5, 0.6) is 0 Å². The Morgan fingerprint density at radius 2 is 2.06 bits per heavy atom. The Hall–Kier alpha value is -1.97. The summed E-state index contributed by atoms with van der Waals surface area (Å²) in [4.78, 5) is 11.1. The van der Waals surface area contributed by atoms with E-state index in [4.69, 9.17) is 16.2 Å². The lowest BCUT2D eigenvalue weighted by molar-refractivity contribution is -0.138. The number of hydrogen-bond donors (Lipinski definition) is 2. The van der Waals surface area contributed by atoms with Gasteiger partial charge in [-0.3, -0.25) is 0 Å². The smallest absolute Gasteiger partial charge is 0.333 e. The Balaban J connectivity index is 2.46. The highest BCUT2D eigenvalue weighted by Gasteiger charge is 2.03. The predicted molar refractivity (Wildman–Crippen MR) is 64.7 cm³/mol. The summed E-state index contributed by atoms with van der Waals surface area (Å²) in [5.74, 6) is -0.372. The van der Waals surface area contributed by atoms with Crippen LogP contribution in [-0.2, 0) is 16.0 Å². The van der Waals surface area contributed by atoms with E-state index in [9.17, 15) is 4.79 Å². The third-order valence-corrected chi connectivity index (χ3v) is 2.12. The summed E-state index contributed by atoms with van der Waals surface area (Å²) < 4.78 is 4.97. The largest absolute Gasteiger partial charge is 0.462 e. The van der Waals surface area contributed by atoms with Crippen molar-refractivity contribution in [3.05, 3.63) is 35.9 Å². The summed E-state index contributed by atoms with van der Waals surface area (Å²) in [6.45, 7) is 5.42. The molecule has 0 atom stereocenters. The Kier molecular flexibility index (Phi) is 3.94. The maximum Gasteiger partial charge on any atom is 0.333 e. The number of ether oxygens (including phenoxy) is 1. The molecule has 4 heteroatoms. The van der Waals surface area contributed by atoms with Crippen LogP contribution in [0.4, 0.5) is 11.4 Å². The number of carbonyl (C=O) groups is 1. The normalized spacial score (nSPS) is 9.81. The third kappa shape index (κ3) is 3.31. The predicted octanol–water partition coefficient (Wildman–Crippen LogP) is 1.51. The highest BCUT2D eigenvalue weighted by Crippen LogP contribution is 2.16. The molecule has 16 heavy (non-hydrogen) atoms. The van der Waals surface area contributed by atoms with E-state index in [0.29, 0.717) is 30.0 Å². The van der Waals surface area contributed by atoms with Crippen LogP contribution >= 0.6 is 0 Å². The van der Waals surface area contributed by atoms with Gasteiger partial charge in [-0.1, -0.05) is 12.6 Å². The van der Waals surface area contributed by atoms with Gasteiger partial charge in [0.1, 0.15) is 0 Å². The molecule has 0 unspecified atom stereocenters. The molecule has 0 aliphatic rings. The van der Waals surface area contributed by atoms with Gasteiger partial charge in [0.15, 0.2) is 0 Å². The molecule has 0 aliphatic carbocycles. The molecule has 0 spiro atoms. The quantitative estimate of drug-likeness (QED) is 0.458. The van der Waals surface area contributed by atoms with Crippen LogP contribution in [0, 0.1) is 0 Å². The average molecular weight is 220 g/mol. The molecular formula is C12H16N2O2. The Morgan fingerprint density at radius 3 is 2.62 bits per heavy atom. The van der Waals surface area contributed by atoms with Gasteiger partial charge in [0.2, 0.25) is 0 Å². The van der Waals surface area contributed by atoms with Crippen LogP contribution in [0.1, 0.15) is 12.5 Å². The number of anilines is 2. The van der Waals surface area contributed by atoms with Crippen LogP contribution in [0.3, 0.4) is 0 Å². The van der Waals surface area contributed by atoms with Crippen molar-refractivity contribution in [2.45, 2.75) is 13.3 Å². The van der Waals surface area contributed by atoms with Crippen molar-refractivity contribution in [2.75, 3.05) is 18.1 Å². The maximum absolute atomic E-state index is 11.1. The lowest BCUT2D eigenvalue weighted by Crippen LogP contribution is -2.08. The number of nitrogens with two attached hydrogens (primary N) is 2. The second-order valence-electron chi connectivity index (χ2n) is 3.63. The van der Waals surface area contributed by atoms with Crippen LogP contribution < -0.4 is 11.5 Å². The molecule has 0 bridgehead atoms. The first-order valence-electron chi connectivity index (χ1n) is 4.97. The minimum absolute atomic E-state index is 0.315. The fraction of sp³-hybridized carbons (Fsp3) is 0.250. The van der Waals surface area contributed by atoms with Crippen molar-refractivity contribution in [1.82, 2.24) is 0 Å². The van der Waals surface area contributed by atoms with Crippen LogP contribution in [0.25, 0.3) is 0 Å². The second kappa shape index (κ2) is 5.21. The molecule has 4 nitrogen and oxygen atoms in total. The molecule has 4 N–H and O–H groups in total. The fourth-order valence-corrected chi connectivity index (χ4v) is 1.16. The lowest BCUT2D eigenvalue weighted by atomic mass is 10.1.